The van der Waals surface area contributed by atoms with Gasteiger partial charge in [-0.3, -0.25) is 4.79 Å². The summed E-state index contributed by atoms with van der Waals surface area (Å²) in [5.74, 6) is 1.48. The summed E-state index contributed by atoms with van der Waals surface area (Å²) in [6.07, 6.45) is 4.63. The second kappa shape index (κ2) is 9.27. The van der Waals surface area contributed by atoms with Gasteiger partial charge in [-0.1, -0.05) is 39.2 Å². The lowest BCUT2D eigenvalue weighted by Crippen LogP contribution is -2.29. The predicted octanol–water partition coefficient (Wildman–Crippen LogP) is 3.65. The molecule has 0 aliphatic carbocycles. The second-order valence-corrected chi connectivity index (χ2v) is 5.17. The fraction of sp³-hybridized carbons (Fsp3) is 0.588. The minimum absolute atomic E-state index is 0.110. The van der Waals surface area contributed by atoms with Crippen molar-refractivity contribution in [2.24, 2.45) is 5.92 Å². The van der Waals surface area contributed by atoms with E-state index in [4.69, 9.17) is 9.47 Å². The molecular weight excluding hydrogens is 266 g/mol. The lowest BCUT2D eigenvalue weighted by Gasteiger charge is -2.17. The Morgan fingerprint density at radius 1 is 1.24 bits per heavy atom. The molecule has 0 fully saturated rings. The Hall–Kier alpha value is -1.71. The van der Waals surface area contributed by atoms with E-state index in [0.717, 1.165) is 12.8 Å². The standard InChI is InChI=1S/C17H27NO3/c1-5-7-9-13(6-2)12-18-17(19)14-10-8-11-15(20-3)16(14)21-4/h8,10-11,13H,5-7,9,12H2,1-4H3,(H,18,19)/t13-/m0/s1. The lowest BCUT2D eigenvalue weighted by molar-refractivity contribution is 0.0942. The molecule has 0 unspecified atom stereocenters. The summed E-state index contributed by atoms with van der Waals surface area (Å²) in [6, 6.07) is 5.33. The highest BCUT2D eigenvalue weighted by atomic mass is 16.5. The van der Waals surface area contributed by atoms with Crippen LogP contribution in [-0.4, -0.2) is 26.7 Å². The molecular formula is C17H27NO3. The molecule has 4 nitrogen and oxygen atoms in total. The van der Waals surface area contributed by atoms with Gasteiger partial charge in [0.1, 0.15) is 0 Å². The van der Waals surface area contributed by atoms with Gasteiger partial charge in [0, 0.05) is 6.54 Å². The summed E-state index contributed by atoms with van der Waals surface area (Å²) in [4.78, 5) is 12.3. The first-order valence-corrected chi connectivity index (χ1v) is 7.67. The molecule has 0 saturated carbocycles. The van der Waals surface area contributed by atoms with Crippen LogP contribution in [0, 0.1) is 5.92 Å². The van der Waals surface area contributed by atoms with Gasteiger partial charge in [0.15, 0.2) is 11.5 Å². The minimum Gasteiger partial charge on any atom is -0.493 e. The third-order valence-electron chi connectivity index (χ3n) is 3.74. The SMILES string of the molecule is CCCC[C@H](CC)CNC(=O)c1cccc(OC)c1OC. The van der Waals surface area contributed by atoms with Crippen LogP contribution in [0.2, 0.25) is 0 Å². The van der Waals surface area contributed by atoms with Crippen LogP contribution in [0.1, 0.15) is 49.9 Å². The van der Waals surface area contributed by atoms with E-state index in [-0.39, 0.29) is 5.91 Å². The van der Waals surface area contributed by atoms with Gasteiger partial charge in [-0.2, -0.15) is 0 Å². The van der Waals surface area contributed by atoms with Gasteiger partial charge in [0.05, 0.1) is 19.8 Å². The molecule has 0 aliphatic rings. The predicted molar refractivity (Wildman–Crippen MR) is 85.2 cm³/mol. The quantitative estimate of drug-likeness (QED) is 0.756. The number of para-hydroxylation sites is 1. The molecule has 1 atom stereocenters. The average molecular weight is 293 g/mol. The summed E-state index contributed by atoms with van der Waals surface area (Å²) < 4.78 is 10.5. The van der Waals surface area contributed by atoms with Crippen LogP contribution in [0.4, 0.5) is 0 Å². The monoisotopic (exact) mass is 293 g/mol. The molecule has 0 heterocycles. The van der Waals surface area contributed by atoms with Gasteiger partial charge in [0.25, 0.3) is 5.91 Å². The number of unbranched alkanes of at least 4 members (excludes halogenated alkanes) is 1. The normalized spacial score (nSPS) is 11.8. The molecule has 0 bridgehead atoms. The summed E-state index contributed by atoms with van der Waals surface area (Å²) in [5.41, 5.74) is 0.516. The Balaban J connectivity index is 2.71. The number of hydrogen-bond donors (Lipinski definition) is 1. The smallest absolute Gasteiger partial charge is 0.255 e. The van der Waals surface area contributed by atoms with Crippen LogP contribution >= 0.6 is 0 Å². The average Bonchev–Trinajstić information content (AvgIpc) is 2.53. The van der Waals surface area contributed by atoms with Crippen molar-refractivity contribution in [3.63, 3.8) is 0 Å². The van der Waals surface area contributed by atoms with Gasteiger partial charge in [-0.15, -0.1) is 0 Å². The van der Waals surface area contributed by atoms with Crippen molar-refractivity contribution in [3.8, 4) is 11.5 Å². The zero-order valence-corrected chi connectivity index (χ0v) is 13.6. The molecule has 1 amide bonds. The van der Waals surface area contributed by atoms with Crippen molar-refractivity contribution in [1.29, 1.82) is 0 Å². The first-order valence-electron chi connectivity index (χ1n) is 7.67. The maximum atomic E-state index is 12.3. The Labute approximate surface area is 127 Å². The highest BCUT2D eigenvalue weighted by Crippen LogP contribution is 2.30. The van der Waals surface area contributed by atoms with Crippen molar-refractivity contribution in [3.05, 3.63) is 23.8 Å². The summed E-state index contributed by atoms with van der Waals surface area (Å²) in [6.45, 7) is 5.06. The first-order chi connectivity index (χ1) is 10.2. The Kier molecular flexibility index (Phi) is 7.65. The van der Waals surface area contributed by atoms with E-state index >= 15 is 0 Å². The first kappa shape index (κ1) is 17.3. The molecule has 0 aromatic heterocycles. The molecule has 0 radical (unpaired) electrons. The lowest BCUT2D eigenvalue weighted by atomic mass is 9.99. The van der Waals surface area contributed by atoms with Gasteiger partial charge < -0.3 is 14.8 Å². The third-order valence-corrected chi connectivity index (χ3v) is 3.74. The van der Waals surface area contributed by atoms with E-state index < -0.39 is 0 Å². The van der Waals surface area contributed by atoms with Crippen LogP contribution in [0.25, 0.3) is 0 Å². The van der Waals surface area contributed by atoms with Crippen molar-refractivity contribution in [2.75, 3.05) is 20.8 Å². The van der Waals surface area contributed by atoms with E-state index in [1.165, 1.54) is 12.8 Å². The van der Waals surface area contributed by atoms with Crippen LogP contribution in [-0.2, 0) is 0 Å². The Bertz CT molecular complexity index is 446. The van der Waals surface area contributed by atoms with E-state index in [1.54, 1.807) is 32.4 Å². The summed E-state index contributed by atoms with van der Waals surface area (Å²) in [7, 11) is 3.11. The van der Waals surface area contributed by atoms with Crippen LogP contribution < -0.4 is 14.8 Å². The fourth-order valence-electron chi connectivity index (χ4n) is 2.34. The van der Waals surface area contributed by atoms with Crippen molar-refractivity contribution in [1.82, 2.24) is 5.32 Å². The highest BCUT2D eigenvalue weighted by Gasteiger charge is 2.17. The Morgan fingerprint density at radius 3 is 2.57 bits per heavy atom. The van der Waals surface area contributed by atoms with Crippen molar-refractivity contribution < 1.29 is 14.3 Å². The number of nitrogens with one attached hydrogen (secondary N) is 1. The maximum absolute atomic E-state index is 12.3. The second-order valence-electron chi connectivity index (χ2n) is 5.17. The van der Waals surface area contributed by atoms with E-state index in [1.807, 2.05) is 0 Å². The molecule has 1 N–H and O–H groups in total. The molecule has 21 heavy (non-hydrogen) atoms. The van der Waals surface area contributed by atoms with Crippen molar-refractivity contribution in [2.45, 2.75) is 39.5 Å². The summed E-state index contributed by atoms with van der Waals surface area (Å²) in [5, 5.41) is 3.01. The molecule has 0 spiro atoms. The van der Waals surface area contributed by atoms with Crippen LogP contribution in [0.5, 0.6) is 11.5 Å². The Morgan fingerprint density at radius 2 is 2.00 bits per heavy atom. The molecule has 4 heteroatoms. The van der Waals surface area contributed by atoms with E-state index in [0.29, 0.717) is 29.5 Å². The topological polar surface area (TPSA) is 47.6 Å². The third kappa shape index (κ3) is 4.96. The minimum atomic E-state index is -0.110. The van der Waals surface area contributed by atoms with Gasteiger partial charge in [0.2, 0.25) is 0 Å². The van der Waals surface area contributed by atoms with Crippen molar-refractivity contribution >= 4 is 5.91 Å². The fourth-order valence-corrected chi connectivity index (χ4v) is 2.34. The number of hydrogen-bond acceptors (Lipinski definition) is 3. The number of benzene rings is 1. The van der Waals surface area contributed by atoms with Gasteiger partial charge >= 0.3 is 0 Å². The number of methoxy groups -OCH3 is 2. The molecule has 0 saturated heterocycles. The number of rotatable bonds is 9. The molecule has 118 valence electrons. The summed E-state index contributed by atoms with van der Waals surface area (Å²) >= 11 is 0. The van der Waals surface area contributed by atoms with E-state index in [9.17, 15) is 4.79 Å². The maximum Gasteiger partial charge on any atom is 0.255 e. The van der Waals surface area contributed by atoms with Gasteiger partial charge in [-0.05, 0) is 24.5 Å². The molecule has 1 rings (SSSR count). The van der Waals surface area contributed by atoms with Gasteiger partial charge in [-0.25, -0.2) is 0 Å². The highest BCUT2D eigenvalue weighted by molar-refractivity contribution is 5.97. The van der Waals surface area contributed by atoms with Crippen LogP contribution in [0.3, 0.4) is 0 Å². The molecule has 1 aromatic carbocycles. The molecule has 1 aromatic rings. The molecule has 0 aliphatic heterocycles. The number of carbonyl (C=O) groups excluding carboxylic acids is 1. The zero-order valence-electron chi connectivity index (χ0n) is 13.6. The number of carbonyl (C=O) groups is 1. The number of ether oxygens (including phenoxy) is 2. The number of amides is 1. The van der Waals surface area contributed by atoms with Crippen LogP contribution in [0.15, 0.2) is 18.2 Å². The largest absolute Gasteiger partial charge is 0.493 e. The zero-order chi connectivity index (χ0) is 15.7. The van der Waals surface area contributed by atoms with E-state index in [2.05, 4.69) is 19.2 Å².